The third-order valence-electron chi connectivity index (χ3n) is 7.45. The number of nitrogens with zero attached hydrogens (tertiary/aromatic N) is 1. The Morgan fingerprint density at radius 3 is 2.79 bits per heavy atom. The highest BCUT2D eigenvalue weighted by Crippen LogP contribution is 2.47. The second-order valence-electron chi connectivity index (χ2n) is 9.87. The van der Waals surface area contributed by atoms with Gasteiger partial charge in [-0.15, -0.1) is 0 Å². The van der Waals surface area contributed by atoms with Crippen LogP contribution in [0.4, 0.5) is 4.39 Å². The Morgan fingerprint density at radius 1 is 1.08 bits per heavy atom. The maximum Gasteiger partial charge on any atom is 0.149 e. The van der Waals surface area contributed by atoms with Crippen molar-refractivity contribution in [1.82, 2.24) is 9.88 Å². The molecule has 1 saturated heterocycles. The van der Waals surface area contributed by atoms with E-state index >= 15 is 0 Å². The number of hydrogen-bond donors (Lipinski definition) is 2. The highest BCUT2D eigenvalue weighted by Gasteiger charge is 2.26. The fraction of sp³-hybridized carbons (Fsp3) is 0.290. The fourth-order valence-corrected chi connectivity index (χ4v) is 5.87. The number of H-pyrrole nitrogens is 1. The normalized spacial score (nSPS) is 17.9. The molecule has 0 amide bonds. The van der Waals surface area contributed by atoms with Crippen molar-refractivity contribution in [2.45, 2.75) is 25.4 Å². The molecule has 7 heteroatoms. The van der Waals surface area contributed by atoms with Gasteiger partial charge in [0.2, 0.25) is 0 Å². The second-order valence-corrected chi connectivity index (χ2v) is 10.2. The van der Waals surface area contributed by atoms with Crippen LogP contribution in [-0.2, 0) is 0 Å². The zero-order chi connectivity index (χ0) is 26.1. The first-order valence-electron chi connectivity index (χ1n) is 13.1. The van der Waals surface area contributed by atoms with Crippen LogP contribution in [0.5, 0.6) is 17.2 Å². The molecule has 0 unspecified atom stereocenters. The van der Waals surface area contributed by atoms with Crippen LogP contribution in [0.1, 0.15) is 36.0 Å². The molecule has 0 spiro atoms. The Hall–Kier alpha value is -3.48. The van der Waals surface area contributed by atoms with Gasteiger partial charge in [-0.1, -0.05) is 35.9 Å². The Balaban J connectivity index is 1.39. The number of halogens is 2. The lowest BCUT2D eigenvalue weighted by molar-refractivity contribution is 0.198. The Labute approximate surface area is 226 Å². The molecule has 5 nitrogen and oxygen atoms in total. The molecule has 0 saturated carbocycles. The molecule has 4 aromatic rings. The first kappa shape index (κ1) is 24.8. The van der Waals surface area contributed by atoms with Gasteiger partial charge in [-0.3, -0.25) is 9.29 Å². The number of phenols is 1. The molecular weight excluding hydrogens is 503 g/mol. The number of phenolic OH excluding ortho intramolecular Hbond substituents is 1. The molecule has 0 bridgehead atoms. The smallest absolute Gasteiger partial charge is 0.149 e. The molecule has 3 heterocycles. The Kier molecular flexibility index (Phi) is 7.00. The quantitative estimate of drug-likeness (QED) is 0.267. The van der Waals surface area contributed by atoms with Gasteiger partial charge in [0.25, 0.3) is 0 Å². The molecular formula is C31H30ClFN2O3. The molecule has 0 radical (unpaired) electrons. The number of nitrogens with one attached hydrogen (secondary N) is 1. The molecule has 6 rings (SSSR count). The van der Waals surface area contributed by atoms with Crippen LogP contribution in [0.3, 0.4) is 0 Å². The van der Waals surface area contributed by atoms with Gasteiger partial charge < -0.3 is 19.6 Å². The molecule has 3 aromatic carbocycles. The number of aromatic amines is 1. The topological polar surface area (TPSA) is 57.7 Å². The van der Waals surface area contributed by atoms with E-state index in [1.807, 2.05) is 24.4 Å². The first-order valence-corrected chi connectivity index (χ1v) is 13.5. The van der Waals surface area contributed by atoms with E-state index in [1.54, 1.807) is 6.07 Å². The summed E-state index contributed by atoms with van der Waals surface area (Å²) in [5.41, 5.74) is 6.26. The standard InChI is InChI=1S/C31H30ClFN2O3/c32-30-28(36)10-9-26-29(20-5-7-21(8-6-20)38-22-12-17-35(19-22)16-2-14-33)25(13-18-37-31(26)30)23-3-1-4-27-24(23)11-15-34-27/h1,3-11,15,22,34,36H,2,12-14,16-19H2/t22-/m0/s1. The summed E-state index contributed by atoms with van der Waals surface area (Å²) in [5.74, 6) is 1.31. The number of benzene rings is 3. The average Bonchev–Trinajstić information content (AvgIpc) is 3.55. The summed E-state index contributed by atoms with van der Waals surface area (Å²) in [6.45, 7) is 2.70. The van der Waals surface area contributed by atoms with Crippen molar-refractivity contribution in [1.29, 1.82) is 0 Å². The number of aromatic hydroxyl groups is 1. The van der Waals surface area contributed by atoms with E-state index in [0.717, 1.165) is 70.5 Å². The molecule has 2 aliphatic rings. The lowest BCUT2D eigenvalue weighted by Crippen LogP contribution is -2.26. The van der Waals surface area contributed by atoms with E-state index < -0.39 is 0 Å². The number of fused-ring (bicyclic) bond motifs is 2. The van der Waals surface area contributed by atoms with Gasteiger partial charge in [-0.2, -0.15) is 0 Å². The van der Waals surface area contributed by atoms with Gasteiger partial charge in [0.15, 0.2) is 0 Å². The van der Waals surface area contributed by atoms with Crippen molar-refractivity contribution in [3.63, 3.8) is 0 Å². The molecule has 196 valence electrons. The van der Waals surface area contributed by atoms with Gasteiger partial charge in [0.05, 0.1) is 13.3 Å². The predicted octanol–water partition coefficient (Wildman–Crippen LogP) is 7.08. The minimum atomic E-state index is -0.279. The third-order valence-corrected chi connectivity index (χ3v) is 7.81. The summed E-state index contributed by atoms with van der Waals surface area (Å²) in [5, 5.41) is 11.7. The number of likely N-dealkylation sites (tertiary alicyclic amines) is 1. The summed E-state index contributed by atoms with van der Waals surface area (Å²) >= 11 is 6.52. The molecule has 1 aromatic heterocycles. The maximum atomic E-state index is 12.5. The first-order chi connectivity index (χ1) is 18.6. The van der Waals surface area contributed by atoms with Gasteiger partial charge in [0.1, 0.15) is 28.4 Å². The van der Waals surface area contributed by atoms with Gasteiger partial charge in [0, 0.05) is 48.7 Å². The van der Waals surface area contributed by atoms with Crippen molar-refractivity contribution in [3.05, 3.63) is 88.6 Å². The van der Waals surface area contributed by atoms with Crippen LogP contribution in [-0.4, -0.2) is 54.0 Å². The summed E-state index contributed by atoms with van der Waals surface area (Å²) in [7, 11) is 0. The van der Waals surface area contributed by atoms with Crippen molar-refractivity contribution in [3.8, 4) is 17.2 Å². The van der Waals surface area contributed by atoms with E-state index in [1.165, 1.54) is 0 Å². The minimum Gasteiger partial charge on any atom is -0.506 e. The van der Waals surface area contributed by atoms with Crippen LogP contribution in [0.2, 0.25) is 5.02 Å². The van der Waals surface area contributed by atoms with Crippen LogP contribution in [0.25, 0.3) is 22.0 Å². The Morgan fingerprint density at radius 2 is 1.95 bits per heavy atom. The summed E-state index contributed by atoms with van der Waals surface area (Å²) in [4.78, 5) is 5.58. The number of rotatable bonds is 7. The van der Waals surface area contributed by atoms with Crippen LogP contribution in [0, 0.1) is 0 Å². The fourth-order valence-electron chi connectivity index (χ4n) is 5.65. The van der Waals surface area contributed by atoms with Crippen LogP contribution >= 0.6 is 11.6 Å². The van der Waals surface area contributed by atoms with Crippen molar-refractivity contribution >= 4 is 33.7 Å². The largest absolute Gasteiger partial charge is 0.506 e. The van der Waals surface area contributed by atoms with E-state index in [4.69, 9.17) is 21.1 Å². The van der Waals surface area contributed by atoms with Crippen LogP contribution in [0.15, 0.2) is 66.9 Å². The number of hydrogen-bond acceptors (Lipinski definition) is 4. The van der Waals surface area contributed by atoms with E-state index in [2.05, 4.69) is 46.3 Å². The zero-order valence-electron chi connectivity index (χ0n) is 21.1. The predicted molar refractivity (Wildman–Crippen MR) is 150 cm³/mol. The van der Waals surface area contributed by atoms with Crippen molar-refractivity contribution in [2.24, 2.45) is 0 Å². The summed E-state index contributed by atoms with van der Waals surface area (Å²) in [6, 6.07) is 20.0. The van der Waals surface area contributed by atoms with Gasteiger partial charge >= 0.3 is 0 Å². The van der Waals surface area contributed by atoms with E-state index in [-0.39, 0.29) is 23.6 Å². The maximum absolute atomic E-state index is 12.5. The lowest BCUT2D eigenvalue weighted by atomic mass is 9.87. The molecule has 2 N–H and O–H groups in total. The molecule has 0 aliphatic carbocycles. The number of aromatic nitrogens is 1. The highest BCUT2D eigenvalue weighted by atomic mass is 35.5. The summed E-state index contributed by atoms with van der Waals surface area (Å²) < 4.78 is 24.9. The highest BCUT2D eigenvalue weighted by molar-refractivity contribution is 6.34. The van der Waals surface area contributed by atoms with Gasteiger partial charge in [-0.05, 0) is 71.5 Å². The van der Waals surface area contributed by atoms with E-state index in [9.17, 15) is 9.50 Å². The van der Waals surface area contributed by atoms with Crippen molar-refractivity contribution in [2.75, 3.05) is 32.9 Å². The summed E-state index contributed by atoms with van der Waals surface area (Å²) in [6.07, 6.45) is 4.26. The molecule has 1 atom stereocenters. The third kappa shape index (κ3) is 4.74. The van der Waals surface area contributed by atoms with Crippen LogP contribution < -0.4 is 9.47 Å². The lowest BCUT2D eigenvalue weighted by Gasteiger charge is -2.18. The number of ether oxygens (including phenoxy) is 2. The van der Waals surface area contributed by atoms with Crippen molar-refractivity contribution < 1.29 is 19.0 Å². The second kappa shape index (κ2) is 10.7. The number of alkyl halides is 1. The molecule has 38 heavy (non-hydrogen) atoms. The molecule has 2 aliphatic heterocycles. The minimum absolute atomic E-state index is 0.00169. The Bertz CT molecular complexity index is 1480. The molecule has 1 fully saturated rings. The average molecular weight is 533 g/mol. The van der Waals surface area contributed by atoms with E-state index in [0.29, 0.717) is 25.2 Å². The van der Waals surface area contributed by atoms with Gasteiger partial charge in [-0.25, -0.2) is 0 Å². The SMILES string of the molecule is Oc1ccc2c(c1Cl)OCCC(c1cccc3[nH]ccc13)=C2c1ccc(O[C@H]2CCN(CCCF)C2)cc1. The zero-order valence-corrected chi connectivity index (χ0v) is 21.8. The monoisotopic (exact) mass is 532 g/mol.